The van der Waals surface area contributed by atoms with Crippen molar-refractivity contribution < 1.29 is 4.79 Å². The average molecular weight is 421 g/mol. The molecule has 1 amide bonds. The van der Waals surface area contributed by atoms with Crippen LogP contribution in [0.15, 0.2) is 53.7 Å². The zero-order valence-corrected chi connectivity index (χ0v) is 18.7. The Hall–Kier alpha value is -2.60. The smallest absolute Gasteiger partial charge is 0.235 e. The summed E-state index contributed by atoms with van der Waals surface area (Å²) in [4.78, 5) is 15.0. The van der Waals surface area contributed by atoms with Gasteiger partial charge >= 0.3 is 0 Å². The van der Waals surface area contributed by atoms with Crippen LogP contribution in [0.5, 0.6) is 0 Å². The van der Waals surface area contributed by atoms with Crippen LogP contribution in [0.4, 0.5) is 0 Å². The van der Waals surface area contributed by atoms with Gasteiger partial charge in [-0.15, -0.1) is 10.2 Å². The first kappa shape index (κ1) is 20.7. The molecule has 0 bridgehead atoms. The van der Waals surface area contributed by atoms with E-state index in [2.05, 4.69) is 46.8 Å². The Morgan fingerprint density at radius 2 is 1.70 bits per heavy atom. The van der Waals surface area contributed by atoms with E-state index in [-0.39, 0.29) is 11.2 Å². The minimum Gasteiger partial charge on any atom is -0.342 e. The van der Waals surface area contributed by atoms with Crippen LogP contribution in [-0.2, 0) is 4.79 Å². The van der Waals surface area contributed by atoms with Crippen LogP contribution >= 0.6 is 11.8 Å². The second-order valence-electron chi connectivity index (χ2n) is 7.92. The zero-order chi connectivity index (χ0) is 21.1. The summed E-state index contributed by atoms with van der Waals surface area (Å²) < 4.78 is 2.08. The Balaban J connectivity index is 1.70. The predicted molar refractivity (Wildman–Crippen MR) is 122 cm³/mol. The SMILES string of the molecule is Cc1ccc(-n2c(S[C@H](C)C(=O)N3CCCCC3)nnc2-c2ccccc2)cc1C. The Kier molecular flexibility index (Phi) is 6.23. The molecule has 0 aliphatic carbocycles. The number of amides is 1. The van der Waals surface area contributed by atoms with Crippen molar-refractivity contribution >= 4 is 17.7 Å². The second kappa shape index (κ2) is 9.04. The lowest BCUT2D eigenvalue weighted by atomic mass is 10.1. The fourth-order valence-electron chi connectivity index (χ4n) is 3.80. The number of likely N-dealkylation sites (tertiary alicyclic amines) is 1. The summed E-state index contributed by atoms with van der Waals surface area (Å²) in [7, 11) is 0. The maximum absolute atomic E-state index is 13.0. The van der Waals surface area contributed by atoms with E-state index in [0.29, 0.717) is 0 Å². The number of benzene rings is 2. The molecule has 1 aliphatic rings. The first-order chi connectivity index (χ1) is 14.5. The van der Waals surface area contributed by atoms with E-state index >= 15 is 0 Å². The highest BCUT2D eigenvalue weighted by Crippen LogP contribution is 2.31. The minimum atomic E-state index is -0.207. The Bertz CT molecular complexity index is 1020. The quantitative estimate of drug-likeness (QED) is 0.542. The lowest BCUT2D eigenvalue weighted by Crippen LogP contribution is -2.40. The van der Waals surface area contributed by atoms with Crippen LogP contribution in [0.3, 0.4) is 0 Å². The molecule has 1 atom stereocenters. The maximum atomic E-state index is 13.0. The van der Waals surface area contributed by atoms with Crippen molar-refractivity contribution in [3.05, 3.63) is 59.7 Å². The molecule has 0 radical (unpaired) electrons. The second-order valence-corrected chi connectivity index (χ2v) is 9.23. The molecule has 5 nitrogen and oxygen atoms in total. The Morgan fingerprint density at radius 3 is 2.40 bits per heavy atom. The average Bonchev–Trinajstić information content (AvgIpc) is 3.19. The van der Waals surface area contributed by atoms with Crippen LogP contribution in [0, 0.1) is 13.8 Å². The summed E-state index contributed by atoms with van der Waals surface area (Å²) in [6.07, 6.45) is 3.41. The number of piperidine rings is 1. The molecule has 30 heavy (non-hydrogen) atoms. The van der Waals surface area contributed by atoms with Crippen molar-refractivity contribution in [2.45, 2.75) is 50.4 Å². The third-order valence-electron chi connectivity index (χ3n) is 5.71. The molecule has 2 heterocycles. The zero-order valence-electron chi connectivity index (χ0n) is 17.8. The highest BCUT2D eigenvalue weighted by atomic mass is 32.2. The summed E-state index contributed by atoms with van der Waals surface area (Å²) >= 11 is 1.49. The van der Waals surface area contributed by atoms with Gasteiger partial charge in [-0.2, -0.15) is 0 Å². The van der Waals surface area contributed by atoms with E-state index in [1.54, 1.807) is 0 Å². The number of hydrogen-bond donors (Lipinski definition) is 0. The lowest BCUT2D eigenvalue weighted by molar-refractivity contribution is -0.131. The van der Waals surface area contributed by atoms with E-state index in [9.17, 15) is 4.79 Å². The van der Waals surface area contributed by atoms with Crippen LogP contribution < -0.4 is 0 Å². The molecule has 1 aliphatic heterocycles. The number of rotatable bonds is 5. The lowest BCUT2D eigenvalue weighted by Gasteiger charge is -2.28. The minimum absolute atomic E-state index is 0.190. The monoisotopic (exact) mass is 420 g/mol. The number of thioether (sulfide) groups is 1. The molecule has 0 N–H and O–H groups in total. The fraction of sp³-hybridized carbons (Fsp3) is 0.375. The number of nitrogens with zero attached hydrogens (tertiary/aromatic N) is 4. The van der Waals surface area contributed by atoms with Crippen molar-refractivity contribution in [2.24, 2.45) is 0 Å². The molecular formula is C24H28N4OS. The van der Waals surface area contributed by atoms with Gasteiger partial charge in [0, 0.05) is 18.7 Å². The van der Waals surface area contributed by atoms with Gasteiger partial charge in [-0.05, 0) is 63.3 Å². The first-order valence-electron chi connectivity index (χ1n) is 10.6. The van der Waals surface area contributed by atoms with Crippen LogP contribution in [-0.4, -0.2) is 43.9 Å². The summed E-state index contributed by atoms with van der Waals surface area (Å²) in [5.74, 6) is 0.981. The van der Waals surface area contributed by atoms with Gasteiger partial charge in [0.15, 0.2) is 11.0 Å². The molecule has 1 fully saturated rings. The standard InChI is InChI=1S/C24H28N4OS/c1-17-12-13-21(16-18(17)2)28-22(20-10-6-4-7-11-20)25-26-24(28)30-19(3)23(29)27-14-8-5-9-15-27/h4,6-7,10-13,16,19H,5,8-9,14-15H2,1-3H3/t19-/m1/s1. The summed E-state index contributed by atoms with van der Waals surface area (Å²) in [6.45, 7) is 7.92. The highest BCUT2D eigenvalue weighted by Gasteiger charge is 2.26. The number of carbonyl (C=O) groups is 1. The van der Waals surface area contributed by atoms with E-state index < -0.39 is 0 Å². The van der Waals surface area contributed by atoms with E-state index in [4.69, 9.17) is 0 Å². The Morgan fingerprint density at radius 1 is 0.967 bits per heavy atom. The molecule has 1 saturated heterocycles. The van der Waals surface area contributed by atoms with Gasteiger partial charge in [-0.3, -0.25) is 9.36 Å². The molecule has 0 saturated carbocycles. The third kappa shape index (κ3) is 4.29. The maximum Gasteiger partial charge on any atom is 0.235 e. The van der Waals surface area contributed by atoms with Gasteiger partial charge < -0.3 is 4.90 Å². The van der Waals surface area contributed by atoms with Crippen LogP contribution in [0.25, 0.3) is 17.1 Å². The van der Waals surface area contributed by atoms with Crippen molar-refractivity contribution in [1.29, 1.82) is 0 Å². The van der Waals surface area contributed by atoms with Gasteiger partial charge in [0.1, 0.15) is 0 Å². The van der Waals surface area contributed by atoms with Gasteiger partial charge in [-0.25, -0.2) is 0 Å². The van der Waals surface area contributed by atoms with E-state index in [1.807, 2.05) is 42.2 Å². The molecule has 6 heteroatoms. The predicted octanol–water partition coefficient (Wildman–Crippen LogP) is 5.04. The van der Waals surface area contributed by atoms with E-state index in [1.165, 1.54) is 29.3 Å². The van der Waals surface area contributed by atoms with Gasteiger partial charge in [0.05, 0.1) is 10.9 Å². The van der Waals surface area contributed by atoms with Crippen LogP contribution in [0.1, 0.15) is 37.3 Å². The molecule has 0 spiro atoms. The topological polar surface area (TPSA) is 51.0 Å². The molecule has 4 rings (SSSR count). The van der Waals surface area contributed by atoms with Crippen LogP contribution in [0.2, 0.25) is 0 Å². The van der Waals surface area contributed by atoms with Crippen molar-refractivity contribution in [3.63, 3.8) is 0 Å². The van der Waals surface area contributed by atoms with Gasteiger partial charge in [0.25, 0.3) is 0 Å². The molecule has 1 aromatic heterocycles. The largest absolute Gasteiger partial charge is 0.342 e. The van der Waals surface area contributed by atoms with Crippen molar-refractivity contribution in [1.82, 2.24) is 19.7 Å². The third-order valence-corrected chi connectivity index (χ3v) is 6.74. The van der Waals surface area contributed by atoms with Gasteiger partial charge in [0.2, 0.25) is 5.91 Å². The first-order valence-corrected chi connectivity index (χ1v) is 11.5. The van der Waals surface area contributed by atoms with Crippen molar-refractivity contribution in [3.8, 4) is 17.1 Å². The molecule has 156 valence electrons. The molecule has 2 aromatic carbocycles. The number of carbonyl (C=O) groups excluding carboxylic acids is 1. The Labute approximate surface area is 182 Å². The molecule has 0 unspecified atom stereocenters. The van der Waals surface area contributed by atoms with Crippen molar-refractivity contribution in [2.75, 3.05) is 13.1 Å². The highest BCUT2D eigenvalue weighted by molar-refractivity contribution is 8.00. The number of aromatic nitrogens is 3. The summed E-state index contributed by atoms with van der Waals surface area (Å²) in [5, 5.41) is 9.54. The molecule has 3 aromatic rings. The molecular weight excluding hydrogens is 392 g/mol. The number of aryl methyl sites for hydroxylation is 2. The van der Waals surface area contributed by atoms with Gasteiger partial charge in [-0.1, -0.05) is 48.2 Å². The normalized spacial score (nSPS) is 15.2. The number of hydrogen-bond acceptors (Lipinski definition) is 4. The fourth-order valence-corrected chi connectivity index (χ4v) is 4.75. The summed E-state index contributed by atoms with van der Waals surface area (Å²) in [6, 6.07) is 16.5. The summed E-state index contributed by atoms with van der Waals surface area (Å²) in [5.41, 5.74) is 4.48. The van der Waals surface area contributed by atoms with E-state index in [0.717, 1.165) is 48.2 Å².